The van der Waals surface area contributed by atoms with Crippen LogP contribution in [0.15, 0.2) is 79.6 Å². The highest BCUT2D eigenvalue weighted by molar-refractivity contribution is 6.29. The second-order valence-corrected chi connectivity index (χ2v) is 7.34. The molecule has 2 aromatic rings. The zero-order valence-electron chi connectivity index (χ0n) is 19.8. The third-order valence-corrected chi connectivity index (χ3v) is 4.93. The highest BCUT2D eigenvalue weighted by atomic mass is 16.6. The minimum absolute atomic E-state index is 0.0400. The fraction of sp³-hybridized carbons (Fsp3) is 0.200. The number of barbiturate groups is 1. The molecule has 36 heavy (non-hydrogen) atoms. The molecule has 1 aliphatic rings. The average Bonchev–Trinajstić information content (AvgIpc) is 3.23. The predicted octanol–water partition coefficient (Wildman–Crippen LogP) is 2.88. The number of aliphatic hydroxyl groups is 1. The lowest BCUT2D eigenvalue weighted by atomic mass is 10.1. The Labute approximate surface area is 208 Å². The molecule has 11 heteroatoms. The van der Waals surface area contributed by atoms with E-state index in [1.54, 1.807) is 19.1 Å². The molecular weight excluding hydrogens is 466 g/mol. The molecule has 0 radical (unpaired) electrons. The molecule has 1 N–H and O–H groups in total. The van der Waals surface area contributed by atoms with Crippen molar-refractivity contribution in [1.29, 1.82) is 0 Å². The Morgan fingerprint density at radius 1 is 1.06 bits per heavy atom. The van der Waals surface area contributed by atoms with E-state index in [0.717, 1.165) is 15.4 Å². The van der Waals surface area contributed by atoms with Crippen LogP contribution in [0.2, 0.25) is 0 Å². The standard InChI is InChI=1S/C19H18N2O3.C6H9N3O3/c1-3-13-20-17(22)16(18(23)21(14-4-2)19(20)24)12-8-11-15-9-6-5-7-10-15;1-5-7-4-6(9(11)12)8(5)2-3-10/h3-12H,1-2,13-14H2;4,10H,2-3H2,1H3/b11-8+;. The van der Waals surface area contributed by atoms with E-state index < -0.39 is 22.8 Å². The highest BCUT2D eigenvalue weighted by Crippen LogP contribution is 2.18. The smallest absolute Gasteiger partial charge is 0.342 e. The Morgan fingerprint density at radius 3 is 2.14 bits per heavy atom. The number of aliphatic hydroxyl groups excluding tert-OH is 1. The van der Waals surface area contributed by atoms with E-state index in [4.69, 9.17) is 5.11 Å². The van der Waals surface area contributed by atoms with Gasteiger partial charge in [0.05, 0.1) is 6.61 Å². The summed E-state index contributed by atoms with van der Waals surface area (Å²) < 4.78 is 1.36. The molecular formula is C25H27N5O6. The van der Waals surface area contributed by atoms with Gasteiger partial charge in [0.1, 0.15) is 18.3 Å². The van der Waals surface area contributed by atoms with Crippen LogP contribution < -0.4 is 0 Å². The van der Waals surface area contributed by atoms with Crippen LogP contribution in [0.25, 0.3) is 6.08 Å². The van der Waals surface area contributed by atoms with Crippen LogP contribution in [0.5, 0.6) is 0 Å². The molecule has 1 aromatic heterocycles. The lowest BCUT2D eigenvalue weighted by Crippen LogP contribution is -2.56. The third kappa shape index (κ3) is 6.70. The number of imide groups is 2. The van der Waals surface area contributed by atoms with Crippen LogP contribution in [0.1, 0.15) is 11.4 Å². The van der Waals surface area contributed by atoms with Gasteiger partial charge in [0, 0.05) is 20.0 Å². The number of rotatable bonds is 9. The van der Waals surface area contributed by atoms with Gasteiger partial charge in [-0.15, -0.1) is 13.2 Å². The minimum atomic E-state index is -0.658. The summed E-state index contributed by atoms with van der Waals surface area (Å²) in [6.45, 7) is 8.89. The zero-order valence-corrected chi connectivity index (χ0v) is 19.8. The van der Waals surface area contributed by atoms with Crippen molar-refractivity contribution in [2.24, 2.45) is 0 Å². The van der Waals surface area contributed by atoms with Crippen molar-refractivity contribution < 1.29 is 24.4 Å². The molecule has 11 nitrogen and oxygen atoms in total. The Bertz CT molecular complexity index is 1160. The molecule has 0 spiro atoms. The van der Waals surface area contributed by atoms with Crippen molar-refractivity contribution in [3.8, 4) is 0 Å². The number of nitrogens with zero attached hydrogens (tertiary/aromatic N) is 5. The first-order valence-electron chi connectivity index (χ1n) is 10.9. The van der Waals surface area contributed by atoms with Gasteiger partial charge in [-0.25, -0.2) is 14.3 Å². The van der Waals surface area contributed by atoms with Crippen LogP contribution in [-0.4, -0.2) is 66.9 Å². The molecule has 2 heterocycles. The first kappa shape index (κ1) is 27.6. The van der Waals surface area contributed by atoms with Gasteiger partial charge in [0.15, 0.2) is 5.82 Å². The van der Waals surface area contributed by atoms with Gasteiger partial charge in [-0.2, -0.15) is 0 Å². The second-order valence-electron chi connectivity index (χ2n) is 7.34. The summed E-state index contributed by atoms with van der Waals surface area (Å²) in [6.07, 6.45) is 8.89. The summed E-state index contributed by atoms with van der Waals surface area (Å²) >= 11 is 0. The lowest BCUT2D eigenvalue weighted by molar-refractivity contribution is -0.392. The van der Waals surface area contributed by atoms with Gasteiger partial charge < -0.3 is 15.2 Å². The molecule has 0 bridgehead atoms. The number of carbonyl (C=O) groups excluding carboxylic acids is 3. The topological polar surface area (TPSA) is 139 Å². The number of urea groups is 1. The number of benzene rings is 1. The lowest BCUT2D eigenvalue weighted by Gasteiger charge is -2.32. The van der Waals surface area contributed by atoms with Crippen LogP contribution in [0.3, 0.4) is 0 Å². The fourth-order valence-electron chi connectivity index (χ4n) is 3.22. The Morgan fingerprint density at radius 2 is 1.64 bits per heavy atom. The summed E-state index contributed by atoms with van der Waals surface area (Å²) in [5.74, 6) is -0.789. The number of amides is 4. The first-order valence-corrected chi connectivity index (χ1v) is 10.9. The summed E-state index contributed by atoms with van der Waals surface area (Å²) in [6, 6.07) is 8.82. The summed E-state index contributed by atoms with van der Waals surface area (Å²) in [5.41, 5.74) is 0.873. The number of hydrogen-bond acceptors (Lipinski definition) is 7. The molecule has 0 unspecified atom stereocenters. The van der Waals surface area contributed by atoms with Gasteiger partial charge in [-0.1, -0.05) is 54.6 Å². The number of carbonyl (C=O) groups is 3. The van der Waals surface area contributed by atoms with E-state index in [2.05, 4.69) is 18.1 Å². The van der Waals surface area contributed by atoms with Crippen molar-refractivity contribution in [3.05, 3.63) is 101 Å². The largest absolute Gasteiger partial charge is 0.392 e. The normalized spacial score (nSPS) is 13.5. The van der Waals surface area contributed by atoms with Crippen molar-refractivity contribution in [2.75, 3.05) is 19.7 Å². The van der Waals surface area contributed by atoms with Crippen LogP contribution >= 0.6 is 0 Å². The molecule has 1 fully saturated rings. The number of allylic oxidation sites excluding steroid dienone is 2. The highest BCUT2D eigenvalue weighted by Gasteiger charge is 2.40. The van der Waals surface area contributed by atoms with Crippen molar-refractivity contribution in [3.63, 3.8) is 0 Å². The molecule has 0 atom stereocenters. The van der Waals surface area contributed by atoms with Crippen LogP contribution in [0.4, 0.5) is 10.6 Å². The molecule has 3 rings (SSSR count). The summed E-state index contributed by atoms with van der Waals surface area (Å²) in [4.78, 5) is 52.7. The van der Waals surface area contributed by atoms with E-state index in [1.165, 1.54) is 29.0 Å². The Balaban J connectivity index is 0.000000319. The van der Waals surface area contributed by atoms with Gasteiger partial charge in [-0.05, 0) is 16.6 Å². The molecule has 4 amide bonds. The number of hydrogen-bond donors (Lipinski definition) is 1. The Hall–Kier alpha value is -4.64. The van der Waals surface area contributed by atoms with E-state index in [9.17, 15) is 24.5 Å². The van der Waals surface area contributed by atoms with Crippen molar-refractivity contribution >= 4 is 29.7 Å². The molecule has 188 valence electrons. The molecule has 1 aromatic carbocycles. The molecule has 1 saturated heterocycles. The SMILES string of the molecule is C=CCN1C(=O)C(=C/C=C/c2ccccc2)C(=O)N(CC=C)C1=O.Cc1ncc([N+](=O)[O-])n1CCO. The number of aromatic nitrogens is 2. The second kappa shape index (κ2) is 13.3. The van der Waals surface area contributed by atoms with Gasteiger partial charge in [0.2, 0.25) is 0 Å². The van der Waals surface area contributed by atoms with E-state index in [0.29, 0.717) is 5.82 Å². The minimum Gasteiger partial charge on any atom is -0.392 e. The zero-order chi connectivity index (χ0) is 26.7. The van der Waals surface area contributed by atoms with Gasteiger partial charge in [0.25, 0.3) is 11.8 Å². The van der Waals surface area contributed by atoms with E-state index in [-0.39, 0.29) is 37.6 Å². The summed E-state index contributed by atoms with van der Waals surface area (Å²) in [7, 11) is 0. The maximum absolute atomic E-state index is 12.4. The van der Waals surface area contributed by atoms with Gasteiger partial charge >= 0.3 is 11.8 Å². The molecule has 0 saturated carbocycles. The predicted molar refractivity (Wildman–Crippen MR) is 133 cm³/mol. The molecule has 0 aliphatic carbocycles. The average molecular weight is 494 g/mol. The number of aryl methyl sites for hydroxylation is 1. The number of nitro groups is 1. The maximum Gasteiger partial charge on any atom is 0.342 e. The molecule has 1 aliphatic heterocycles. The third-order valence-electron chi connectivity index (χ3n) is 4.93. The monoisotopic (exact) mass is 493 g/mol. The van der Waals surface area contributed by atoms with Crippen LogP contribution in [-0.2, 0) is 16.1 Å². The van der Waals surface area contributed by atoms with Crippen molar-refractivity contribution in [1.82, 2.24) is 19.4 Å². The first-order chi connectivity index (χ1) is 17.3. The number of imidazole rings is 1. The quantitative estimate of drug-likeness (QED) is 0.186. The van der Waals surface area contributed by atoms with E-state index >= 15 is 0 Å². The van der Waals surface area contributed by atoms with Gasteiger partial charge in [-0.3, -0.25) is 19.4 Å². The maximum atomic E-state index is 12.4. The fourth-order valence-corrected chi connectivity index (χ4v) is 3.22. The van der Waals surface area contributed by atoms with E-state index in [1.807, 2.05) is 30.3 Å². The summed E-state index contributed by atoms with van der Waals surface area (Å²) in [5, 5.41) is 19.0. The van der Waals surface area contributed by atoms with Crippen molar-refractivity contribution in [2.45, 2.75) is 13.5 Å². The van der Waals surface area contributed by atoms with Crippen LogP contribution in [0, 0.1) is 17.0 Å². The Kier molecular flexibility index (Phi) is 10.2.